The summed E-state index contributed by atoms with van der Waals surface area (Å²) in [4.78, 5) is 0. The summed E-state index contributed by atoms with van der Waals surface area (Å²) in [5, 5.41) is 6.24. The van der Waals surface area contributed by atoms with Gasteiger partial charge in [0.1, 0.15) is 5.75 Å². The third-order valence-electron chi connectivity index (χ3n) is 3.43. The van der Waals surface area contributed by atoms with E-state index in [-0.39, 0.29) is 5.75 Å². The second kappa shape index (κ2) is 8.06. The van der Waals surface area contributed by atoms with E-state index in [9.17, 15) is 8.78 Å². The Bertz CT molecular complexity index is 703. The molecule has 0 aliphatic heterocycles. The van der Waals surface area contributed by atoms with Crippen LogP contribution in [0.25, 0.3) is 0 Å². The molecule has 0 unspecified atom stereocenters. The predicted molar refractivity (Wildman–Crippen MR) is 98.2 cm³/mol. The predicted octanol–water partition coefficient (Wildman–Crippen LogP) is 5.53. The minimum Gasteiger partial charge on any atom is -0.433 e. The zero-order valence-corrected chi connectivity index (χ0v) is 14.6. The van der Waals surface area contributed by atoms with Gasteiger partial charge in [-0.15, -0.1) is 0 Å². The van der Waals surface area contributed by atoms with Crippen molar-refractivity contribution in [1.29, 1.82) is 0 Å². The van der Waals surface area contributed by atoms with Crippen molar-refractivity contribution in [3.05, 3.63) is 53.6 Å². The molecule has 0 radical (unpaired) electrons. The Hall–Kier alpha value is -2.21. The van der Waals surface area contributed by atoms with Crippen LogP contribution in [0.4, 0.5) is 20.2 Å². The SMILES string of the molecule is Cc1ccc(OC(F)F)c(NC(=S)Nc2ccc(C(C)C)cc2)c1. The van der Waals surface area contributed by atoms with Crippen molar-refractivity contribution < 1.29 is 13.5 Å². The van der Waals surface area contributed by atoms with Gasteiger partial charge in [0.05, 0.1) is 5.69 Å². The Balaban J connectivity index is 2.07. The molecule has 0 atom stereocenters. The molecule has 3 nitrogen and oxygen atoms in total. The monoisotopic (exact) mass is 350 g/mol. The summed E-state index contributed by atoms with van der Waals surface area (Å²) >= 11 is 5.25. The minimum absolute atomic E-state index is 0.0508. The highest BCUT2D eigenvalue weighted by Gasteiger charge is 2.11. The number of anilines is 2. The molecule has 0 aromatic heterocycles. The maximum Gasteiger partial charge on any atom is 0.387 e. The summed E-state index contributed by atoms with van der Waals surface area (Å²) in [5.74, 6) is 0.500. The molecule has 0 fully saturated rings. The second-order valence-electron chi connectivity index (χ2n) is 5.73. The van der Waals surface area contributed by atoms with Gasteiger partial charge in [-0.3, -0.25) is 0 Å². The number of aryl methyl sites for hydroxylation is 1. The fourth-order valence-corrected chi connectivity index (χ4v) is 2.40. The minimum atomic E-state index is -2.89. The highest BCUT2D eigenvalue weighted by atomic mass is 32.1. The van der Waals surface area contributed by atoms with Crippen molar-refractivity contribution in [2.45, 2.75) is 33.3 Å². The summed E-state index contributed by atoms with van der Waals surface area (Å²) < 4.78 is 29.5. The first kappa shape index (κ1) is 18.1. The van der Waals surface area contributed by atoms with Crippen LogP contribution in [0.3, 0.4) is 0 Å². The number of benzene rings is 2. The molecule has 0 bridgehead atoms. The summed E-state index contributed by atoms with van der Waals surface area (Å²) in [7, 11) is 0. The fourth-order valence-electron chi connectivity index (χ4n) is 2.18. The first-order valence-electron chi connectivity index (χ1n) is 7.58. The molecule has 24 heavy (non-hydrogen) atoms. The van der Waals surface area contributed by atoms with E-state index >= 15 is 0 Å². The average molecular weight is 350 g/mol. The summed E-state index contributed by atoms with van der Waals surface area (Å²) in [6.45, 7) is 3.21. The van der Waals surface area contributed by atoms with E-state index in [1.54, 1.807) is 12.1 Å². The molecule has 0 spiro atoms. The molecular formula is C18H20F2N2OS. The first-order valence-corrected chi connectivity index (χ1v) is 7.99. The molecule has 0 amide bonds. The fraction of sp³-hybridized carbons (Fsp3) is 0.278. The Morgan fingerprint density at radius 2 is 1.71 bits per heavy atom. The molecule has 128 valence electrons. The lowest BCUT2D eigenvalue weighted by molar-refractivity contribution is -0.0493. The molecule has 0 saturated heterocycles. The van der Waals surface area contributed by atoms with Crippen LogP contribution in [0.1, 0.15) is 30.9 Å². The Labute approximate surface area is 146 Å². The normalized spacial score (nSPS) is 10.8. The number of halogens is 2. The molecule has 2 rings (SSSR count). The van der Waals surface area contributed by atoms with Crippen LogP contribution in [-0.2, 0) is 0 Å². The van der Waals surface area contributed by atoms with E-state index in [0.717, 1.165) is 11.3 Å². The van der Waals surface area contributed by atoms with Crippen LogP contribution >= 0.6 is 12.2 Å². The largest absolute Gasteiger partial charge is 0.433 e. The van der Waals surface area contributed by atoms with E-state index < -0.39 is 6.61 Å². The van der Waals surface area contributed by atoms with Crippen LogP contribution in [0.15, 0.2) is 42.5 Å². The van der Waals surface area contributed by atoms with Gasteiger partial charge in [-0.1, -0.05) is 32.0 Å². The highest BCUT2D eigenvalue weighted by Crippen LogP contribution is 2.27. The summed E-state index contributed by atoms with van der Waals surface area (Å²) in [5.41, 5.74) is 3.35. The van der Waals surface area contributed by atoms with E-state index in [2.05, 4.69) is 29.2 Å². The third kappa shape index (κ3) is 5.16. The van der Waals surface area contributed by atoms with Gasteiger partial charge in [0.25, 0.3) is 0 Å². The van der Waals surface area contributed by atoms with Crippen molar-refractivity contribution in [2.24, 2.45) is 0 Å². The van der Waals surface area contributed by atoms with E-state index in [4.69, 9.17) is 12.2 Å². The lowest BCUT2D eigenvalue weighted by Gasteiger charge is -2.15. The van der Waals surface area contributed by atoms with E-state index in [1.807, 2.05) is 31.2 Å². The smallest absolute Gasteiger partial charge is 0.387 e. The van der Waals surface area contributed by atoms with Gasteiger partial charge in [0.15, 0.2) is 5.11 Å². The van der Waals surface area contributed by atoms with Crippen molar-refractivity contribution in [1.82, 2.24) is 0 Å². The third-order valence-corrected chi connectivity index (χ3v) is 3.64. The second-order valence-corrected chi connectivity index (χ2v) is 6.14. The number of hydrogen-bond acceptors (Lipinski definition) is 2. The first-order chi connectivity index (χ1) is 11.3. The van der Waals surface area contributed by atoms with Crippen LogP contribution in [0, 0.1) is 6.92 Å². The lowest BCUT2D eigenvalue weighted by Crippen LogP contribution is -2.20. The number of thiocarbonyl (C=S) groups is 1. The van der Waals surface area contributed by atoms with Gasteiger partial charge < -0.3 is 15.4 Å². The van der Waals surface area contributed by atoms with Gasteiger partial charge in [0, 0.05) is 5.69 Å². The van der Waals surface area contributed by atoms with Gasteiger partial charge >= 0.3 is 6.61 Å². The molecule has 0 aliphatic carbocycles. The average Bonchev–Trinajstić information content (AvgIpc) is 2.50. The van der Waals surface area contributed by atoms with Crippen LogP contribution in [0.2, 0.25) is 0 Å². The molecule has 2 N–H and O–H groups in total. The standard InChI is InChI=1S/C18H20F2N2OS/c1-11(2)13-5-7-14(8-6-13)21-18(24)22-15-10-12(3)4-9-16(15)23-17(19)20/h4-11,17H,1-3H3,(H2,21,22,24). The molecule has 2 aromatic carbocycles. The summed E-state index contributed by atoms with van der Waals surface area (Å²) in [6.07, 6.45) is 0. The number of ether oxygens (including phenoxy) is 1. The van der Waals surface area contributed by atoms with Crippen molar-refractivity contribution in [3.8, 4) is 5.75 Å². The Morgan fingerprint density at radius 1 is 1.04 bits per heavy atom. The van der Waals surface area contributed by atoms with Gasteiger partial charge in [0.2, 0.25) is 0 Å². The van der Waals surface area contributed by atoms with Crippen molar-refractivity contribution in [2.75, 3.05) is 10.6 Å². The molecule has 6 heteroatoms. The number of rotatable bonds is 5. The zero-order chi connectivity index (χ0) is 17.7. The molecule has 0 saturated carbocycles. The van der Waals surface area contributed by atoms with E-state index in [0.29, 0.717) is 16.7 Å². The summed E-state index contributed by atoms with van der Waals surface area (Å²) in [6, 6.07) is 12.8. The Kier molecular flexibility index (Phi) is 6.09. The molecule has 2 aromatic rings. The maximum atomic E-state index is 12.5. The number of nitrogens with one attached hydrogen (secondary N) is 2. The van der Waals surface area contributed by atoms with E-state index in [1.165, 1.54) is 11.6 Å². The molecular weight excluding hydrogens is 330 g/mol. The zero-order valence-electron chi connectivity index (χ0n) is 13.8. The number of hydrogen-bond donors (Lipinski definition) is 2. The van der Waals surface area contributed by atoms with Crippen molar-refractivity contribution in [3.63, 3.8) is 0 Å². The quantitative estimate of drug-likeness (QED) is 0.695. The van der Waals surface area contributed by atoms with Gasteiger partial charge in [-0.2, -0.15) is 8.78 Å². The molecule has 0 aliphatic rings. The Morgan fingerprint density at radius 3 is 2.29 bits per heavy atom. The maximum absolute atomic E-state index is 12.5. The van der Waals surface area contributed by atoms with Gasteiger partial charge in [-0.25, -0.2) is 0 Å². The molecule has 0 heterocycles. The van der Waals surface area contributed by atoms with Crippen LogP contribution < -0.4 is 15.4 Å². The van der Waals surface area contributed by atoms with Crippen molar-refractivity contribution >= 4 is 28.7 Å². The topological polar surface area (TPSA) is 33.3 Å². The van der Waals surface area contributed by atoms with Crippen LogP contribution in [0.5, 0.6) is 5.75 Å². The number of alkyl halides is 2. The van der Waals surface area contributed by atoms with Gasteiger partial charge in [-0.05, 0) is 60.5 Å². The lowest BCUT2D eigenvalue weighted by atomic mass is 10.0. The van der Waals surface area contributed by atoms with Crippen LogP contribution in [-0.4, -0.2) is 11.7 Å². The highest BCUT2D eigenvalue weighted by molar-refractivity contribution is 7.80.